The van der Waals surface area contributed by atoms with Crippen LogP contribution in [-0.2, 0) is 14.4 Å². The lowest BCUT2D eigenvalue weighted by molar-refractivity contribution is -0.165. The third-order valence-corrected chi connectivity index (χ3v) is 5.09. The Bertz CT molecular complexity index is 1190. The Balaban J connectivity index is 1.70. The number of hydrogen-bond donors (Lipinski definition) is 4. The first-order chi connectivity index (χ1) is 13.9. The van der Waals surface area contributed by atoms with Crippen LogP contribution in [0.5, 0.6) is 0 Å². The van der Waals surface area contributed by atoms with E-state index in [0.717, 1.165) is 11.9 Å². The minimum absolute atomic E-state index is 0.0915. The molecule has 11 nitrogen and oxygen atoms in total. The number of fused-ring (bicyclic) bond motifs is 1. The fourth-order valence-corrected chi connectivity index (χ4v) is 3.57. The second-order valence-corrected chi connectivity index (χ2v) is 6.74. The average Bonchev–Trinajstić information content (AvgIpc) is 3.17. The van der Waals surface area contributed by atoms with E-state index >= 15 is 0 Å². The smallest absolute Gasteiger partial charge is 0.278 e. The maximum atomic E-state index is 13.0. The molecule has 0 spiro atoms. The molecule has 1 aliphatic heterocycles. The first-order valence-corrected chi connectivity index (χ1v) is 8.85. The summed E-state index contributed by atoms with van der Waals surface area (Å²) in [6.45, 7) is 1.15. The van der Waals surface area contributed by atoms with Crippen molar-refractivity contribution in [3.63, 3.8) is 0 Å². The number of carbonyl (C=O) groups excluding carboxylic acids is 3. The molecule has 2 unspecified atom stereocenters. The number of ketones is 1. The summed E-state index contributed by atoms with van der Waals surface area (Å²) in [4.78, 5) is 62.9. The molecule has 0 aliphatic carbocycles. The zero-order chi connectivity index (χ0) is 20.8. The highest BCUT2D eigenvalue weighted by Crippen LogP contribution is 2.38. The molecule has 29 heavy (non-hydrogen) atoms. The number of β-lactam (4-membered cyclic amide) rings is 1. The predicted octanol–water partition coefficient (Wildman–Crippen LogP) is 0.389. The van der Waals surface area contributed by atoms with Crippen molar-refractivity contribution in [2.75, 3.05) is 10.7 Å². The number of nitrogens with one attached hydrogen (secondary N) is 4. The number of hydrazine groups is 1. The fraction of sp³-hybridized carbons (Fsp3) is 0.176. The number of para-hydroxylation sites is 1. The summed E-state index contributed by atoms with van der Waals surface area (Å²) in [6, 6.07) is 8.40. The van der Waals surface area contributed by atoms with Gasteiger partial charge < -0.3 is 10.3 Å². The van der Waals surface area contributed by atoms with Crippen LogP contribution in [0.1, 0.15) is 6.92 Å². The summed E-state index contributed by atoms with van der Waals surface area (Å²) < 4.78 is 0. The number of alkyl halides is 1. The molecule has 1 aliphatic rings. The Kier molecular flexibility index (Phi) is 4.31. The number of halogens is 1. The zero-order valence-electron chi connectivity index (χ0n) is 14.9. The molecule has 1 saturated heterocycles. The number of carbonyl (C=O) groups is 3. The summed E-state index contributed by atoms with van der Waals surface area (Å²) in [6.07, 6.45) is 1.29. The zero-order valence-corrected chi connectivity index (χ0v) is 15.6. The second-order valence-electron chi connectivity index (χ2n) is 6.31. The third-order valence-electron chi connectivity index (χ3n) is 4.59. The number of aromatic amines is 2. The van der Waals surface area contributed by atoms with Gasteiger partial charge >= 0.3 is 0 Å². The molecule has 2 aromatic heterocycles. The molecule has 0 radical (unpaired) electrons. The highest BCUT2D eigenvalue weighted by Gasteiger charge is 2.69. The van der Waals surface area contributed by atoms with Crippen molar-refractivity contribution in [2.24, 2.45) is 0 Å². The first kappa shape index (κ1) is 18.6. The molecule has 3 heterocycles. The molecule has 0 bridgehead atoms. The quantitative estimate of drug-likeness (QED) is 0.267. The van der Waals surface area contributed by atoms with E-state index in [4.69, 9.17) is 11.6 Å². The summed E-state index contributed by atoms with van der Waals surface area (Å²) in [5.74, 6) is -2.37. The van der Waals surface area contributed by atoms with Gasteiger partial charge in [-0.25, -0.2) is 9.99 Å². The molecule has 4 N–H and O–H groups in total. The maximum Gasteiger partial charge on any atom is 0.278 e. The largest absolute Gasteiger partial charge is 0.339 e. The van der Waals surface area contributed by atoms with E-state index in [2.05, 4.69) is 30.7 Å². The Morgan fingerprint density at radius 1 is 1.24 bits per heavy atom. The van der Waals surface area contributed by atoms with Gasteiger partial charge in [0.15, 0.2) is 22.3 Å². The standard InChI is InChI=1S/C17H14ClN7O4/c1-8(26)17(15(29)21-9-5-3-2-4-6-9)11(18)14(28)25(17)24-16-22-12-10(13(27)23-16)19-7-20-12/h2-7,11H,1H3,(H,21,29)(H3,19,20,22,23,24,27). The van der Waals surface area contributed by atoms with E-state index in [1.807, 2.05) is 0 Å². The van der Waals surface area contributed by atoms with Gasteiger partial charge in [-0.05, 0) is 19.1 Å². The van der Waals surface area contributed by atoms with E-state index in [0.29, 0.717) is 5.69 Å². The monoisotopic (exact) mass is 415 g/mol. The fourth-order valence-electron chi connectivity index (χ4n) is 3.12. The lowest BCUT2D eigenvalue weighted by Gasteiger charge is -2.51. The summed E-state index contributed by atoms with van der Waals surface area (Å²) >= 11 is 6.13. The minimum Gasteiger partial charge on any atom is -0.339 e. The van der Waals surface area contributed by atoms with E-state index in [9.17, 15) is 19.2 Å². The van der Waals surface area contributed by atoms with Crippen molar-refractivity contribution >= 4 is 52.0 Å². The van der Waals surface area contributed by atoms with Gasteiger partial charge in [-0.15, -0.1) is 11.6 Å². The topological polar surface area (TPSA) is 153 Å². The minimum atomic E-state index is -2.03. The van der Waals surface area contributed by atoms with Gasteiger partial charge in [0.1, 0.15) is 0 Å². The molecule has 1 aromatic carbocycles. The van der Waals surface area contributed by atoms with Gasteiger partial charge in [-0.1, -0.05) is 18.2 Å². The van der Waals surface area contributed by atoms with Gasteiger partial charge in [-0.2, -0.15) is 4.98 Å². The summed E-state index contributed by atoms with van der Waals surface area (Å²) in [5, 5.41) is 1.91. The normalized spacial score (nSPS) is 21.0. The van der Waals surface area contributed by atoms with Crippen molar-refractivity contribution < 1.29 is 14.4 Å². The molecule has 2 atom stereocenters. The van der Waals surface area contributed by atoms with E-state index in [1.165, 1.54) is 6.33 Å². The molecular formula is C17H14ClN7O4. The summed E-state index contributed by atoms with van der Waals surface area (Å²) in [7, 11) is 0. The highest BCUT2D eigenvalue weighted by atomic mass is 35.5. The molecule has 1 fully saturated rings. The van der Waals surface area contributed by atoms with E-state index in [1.54, 1.807) is 30.3 Å². The van der Waals surface area contributed by atoms with Crippen molar-refractivity contribution in [3.8, 4) is 0 Å². The Hall–Kier alpha value is -3.73. The second kappa shape index (κ2) is 6.71. The SMILES string of the molecule is CC(=O)C1(C(=O)Nc2ccccc2)C(Cl)C(=O)N1Nc1nc2nc[nH]c2c(=O)[nH]1. The third kappa shape index (κ3) is 2.74. The highest BCUT2D eigenvalue weighted by molar-refractivity contribution is 6.42. The number of rotatable bonds is 5. The van der Waals surface area contributed by atoms with Crippen LogP contribution in [0.2, 0.25) is 0 Å². The lowest BCUT2D eigenvalue weighted by Crippen LogP contribution is -2.81. The number of imidazole rings is 1. The Morgan fingerprint density at radius 3 is 2.66 bits per heavy atom. The van der Waals surface area contributed by atoms with Crippen molar-refractivity contribution in [1.29, 1.82) is 0 Å². The molecule has 12 heteroatoms. The maximum absolute atomic E-state index is 13.0. The van der Waals surface area contributed by atoms with Crippen LogP contribution in [0.4, 0.5) is 11.6 Å². The average molecular weight is 416 g/mol. The van der Waals surface area contributed by atoms with Crippen LogP contribution < -0.4 is 16.3 Å². The van der Waals surface area contributed by atoms with Crippen LogP contribution in [0.25, 0.3) is 11.2 Å². The van der Waals surface area contributed by atoms with Crippen LogP contribution in [0.15, 0.2) is 41.5 Å². The van der Waals surface area contributed by atoms with Crippen molar-refractivity contribution in [3.05, 3.63) is 47.0 Å². The number of benzene rings is 1. The first-order valence-electron chi connectivity index (χ1n) is 8.41. The number of anilines is 2. The van der Waals surface area contributed by atoms with E-state index in [-0.39, 0.29) is 17.1 Å². The van der Waals surface area contributed by atoms with Crippen molar-refractivity contribution in [1.82, 2.24) is 24.9 Å². The number of Topliss-reactive ketones (excluding diaryl/α,β-unsaturated/α-hetero) is 1. The molecule has 2 amide bonds. The number of nitrogens with zero attached hydrogens (tertiary/aromatic N) is 3. The molecule has 3 aromatic rings. The molecular weight excluding hydrogens is 402 g/mol. The van der Waals surface area contributed by atoms with Crippen molar-refractivity contribution in [2.45, 2.75) is 17.8 Å². The van der Waals surface area contributed by atoms with E-state index < -0.39 is 34.1 Å². The van der Waals surface area contributed by atoms with Crippen LogP contribution in [0, 0.1) is 0 Å². The predicted molar refractivity (Wildman–Crippen MR) is 103 cm³/mol. The number of aromatic nitrogens is 4. The number of hydrogen-bond acceptors (Lipinski definition) is 7. The van der Waals surface area contributed by atoms with Gasteiger partial charge in [0, 0.05) is 5.69 Å². The van der Waals surface area contributed by atoms with Gasteiger partial charge in [0.05, 0.1) is 6.33 Å². The van der Waals surface area contributed by atoms with Gasteiger partial charge in [0.25, 0.3) is 17.4 Å². The molecule has 4 rings (SSSR count). The molecule has 148 valence electrons. The molecule has 0 saturated carbocycles. The van der Waals surface area contributed by atoms with Gasteiger partial charge in [-0.3, -0.25) is 29.6 Å². The van der Waals surface area contributed by atoms with Gasteiger partial charge in [0.2, 0.25) is 11.5 Å². The lowest BCUT2D eigenvalue weighted by atomic mass is 9.80. The Labute approximate surface area is 167 Å². The van der Waals surface area contributed by atoms with Crippen LogP contribution >= 0.6 is 11.6 Å². The van der Waals surface area contributed by atoms with Crippen LogP contribution in [0.3, 0.4) is 0 Å². The Morgan fingerprint density at radius 2 is 1.97 bits per heavy atom. The summed E-state index contributed by atoms with van der Waals surface area (Å²) in [5.41, 5.74) is 0.587. The number of amides is 2. The van der Waals surface area contributed by atoms with Crippen LogP contribution in [-0.4, -0.2) is 53.5 Å². The number of H-pyrrole nitrogens is 2.